The van der Waals surface area contributed by atoms with Crippen molar-refractivity contribution in [3.63, 3.8) is 0 Å². The van der Waals surface area contributed by atoms with Crippen molar-refractivity contribution in [2.75, 3.05) is 32.7 Å². The summed E-state index contributed by atoms with van der Waals surface area (Å²) < 4.78 is 93.2. The van der Waals surface area contributed by atoms with Gasteiger partial charge in [0.05, 0.1) is 12.9 Å². The van der Waals surface area contributed by atoms with E-state index in [4.69, 9.17) is 47.9 Å². The van der Waals surface area contributed by atoms with E-state index < -0.39 is 120 Å². The first kappa shape index (κ1) is 49.9. The fourth-order valence-corrected chi connectivity index (χ4v) is 7.19. The quantitative estimate of drug-likeness (QED) is 0.0490. The molecule has 2 aromatic heterocycles. The zero-order valence-corrected chi connectivity index (χ0v) is 34.2. The van der Waals surface area contributed by atoms with Gasteiger partial charge in [0.15, 0.2) is 29.9 Å². The molecule has 28 heteroatoms. The normalized spacial score (nSPS) is 18.4. The monoisotopic (exact) mass is 877 g/mol. The Morgan fingerprint density at radius 2 is 1.38 bits per heavy atom. The van der Waals surface area contributed by atoms with E-state index in [-0.39, 0.29) is 17.0 Å². The molecule has 25 nitrogen and oxygen atoms in total. The highest BCUT2D eigenvalue weighted by molar-refractivity contribution is 7.61. The summed E-state index contributed by atoms with van der Waals surface area (Å²) in [6.45, 7) is 4.21. The number of nitrogen functional groups attached to an aromatic ring is 1. The number of phosphoric acid groups is 2. The molecule has 58 heavy (non-hydrogen) atoms. The maximum absolute atomic E-state index is 15.6. The van der Waals surface area contributed by atoms with Crippen LogP contribution in [0, 0.1) is 5.92 Å². The molecule has 2 aromatic rings. The van der Waals surface area contributed by atoms with E-state index >= 15 is 4.39 Å². The third-order valence-corrected chi connectivity index (χ3v) is 9.92. The van der Waals surface area contributed by atoms with E-state index in [1.807, 2.05) is 0 Å². The molecule has 0 spiro atoms. The number of anilines is 1. The molecular weight excluding hydrogens is 831 g/mol. The second-order valence-corrected chi connectivity index (χ2v) is 15.2. The van der Waals surface area contributed by atoms with Gasteiger partial charge in [-0.2, -0.15) is 4.31 Å². The molecule has 0 fully saturated rings. The van der Waals surface area contributed by atoms with Crippen LogP contribution in [0.25, 0.3) is 11.2 Å². The standard InChI is InChI=1S/C30H46FN5O20P2/c1-14(23(31)25(42)29(47-8)36-13-35-24-27(32)33-12-34-28(24)36)9-50-57(43,44)56-58(45,46)55-30(22(53-20(7)41)11-49-17(4)38)54-26(15(2)51-18(5)39)21(52-19(6)40)10-48-16(3)37/h12-15,21-23,25-26,29-30,42H,9-11H2,1-8H3,(H,43,44)(H,45,46)(H2,32,33,34)/t14?,15-,21+,22+,23?,25?,26?,29?,30?/m0/s1. The molecule has 5 N–H and O–H groups in total. The smallest absolute Gasteiger partial charge is 0.462 e. The Morgan fingerprint density at radius 3 is 1.91 bits per heavy atom. The Bertz CT molecular complexity index is 1840. The summed E-state index contributed by atoms with van der Waals surface area (Å²) in [5, 5.41) is 10.9. The third kappa shape index (κ3) is 15.8. The minimum Gasteiger partial charge on any atom is -0.462 e. The minimum atomic E-state index is -5.99. The third-order valence-electron chi connectivity index (χ3n) is 7.32. The van der Waals surface area contributed by atoms with Crippen molar-refractivity contribution in [3.05, 3.63) is 12.7 Å². The largest absolute Gasteiger partial charge is 0.483 e. The van der Waals surface area contributed by atoms with Gasteiger partial charge in [0.25, 0.3) is 0 Å². The van der Waals surface area contributed by atoms with Gasteiger partial charge in [0, 0.05) is 47.6 Å². The number of esters is 5. The number of fused-ring (bicyclic) bond motifs is 1. The molecule has 0 saturated carbocycles. The van der Waals surface area contributed by atoms with E-state index in [0.29, 0.717) is 0 Å². The van der Waals surface area contributed by atoms with E-state index in [9.17, 15) is 48.0 Å². The number of methoxy groups -OCH3 is 1. The predicted molar refractivity (Wildman–Crippen MR) is 188 cm³/mol. The predicted octanol–water partition coefficient (Wildman–Crippen LogP) is 0.792. The van der Waals surface area contributed by atoms with Crippen molar-refractivity contribution in [1.29, 1.82) is 0 Å². The van der Waals surface area contributed by atoms with Crippen molar-refractivity contribution in [2.24, 2.45) is 5.92 Å². The number of hydrogen-bond donors (Lipinski definition) is 4. The van der Waals surface area contributed by atoms with Crippen LogP contribution in [0.2, 0.25) is 0 Å². The summed E-state index contributed by atoms with van der Waals surface area (Å²) in [4.78, 5) is 92.2. The molecule has 0 amide bonds. The summed E-state index contributed by atoms with van der Waals surface area (Å²) in [6.07, 6.45) is -13.1. The van der Waals surface area contributed by atoms with Gasteiger partial charge in [-0.1, -0.05) is 6.92 Å². The number of nitrogens with two attached hydrogens (primary N) is 1. The van der Waals surface area contributed by atoms with Crippen LogP contribution in [-0.4, -0.2) is 134 Å². The Kier molecular flexibility index (Phi) is 19.1. The van der Waals surface area contributed by atoms with E-state index in [1.165, 1.54) is 6.92 Å². The zero-order chi connectivity index (χ0) is 44.1. The molecule has 0 bridgehead atoms. The Hall–Kier alpha value is -4.23. The highest BCUT2D eigenvalue weighted by atomic mass is 31.3. The number of carbonyl (C=O) groups excluding carboxylic acids is 5. The summed E-state index contributed by atoms with van der Waals surface area (Å²) in [5.74, 6) is -6.36. The van der Waals surface area contributed by atoms with Crippen molar-refractivity contribution in [2.45, 2.75) is 97.7 Å². The van der Waals surface area contributed by atoms with Crippen LogP contribution in [-0.2, 0) is 79.6 Å². The number of hydrogen-bond acceptors (Lipinski definition) is 22. The Labute approximate surface area is 329 Å². The number of aliphatic hydroxyl groups excluding tert-OH is 1. The van der Waals surface area contributed by atoms with Crippen LogP contribution in [0.15, 0.2) is 12.7 Å². The average Bonchev–Trinajstić information content (AvgIpc) is 3.53. The van der Waals surface area contributed by atoms with E-state index in [1.54, 1.807) is 0 Å². The lowest BCUT2D eigenvalue weighted by Crippen LogP contribution is -2.50. The van der Waals surface area contributed by atoms with Gasteiger partial charge in [-0.25, -0.2) is 28.5 Å². The number of rotatable bonds is 24. The molecule has 11 atom stereocenters. The molecule has 2 rings (SSSR count). The van der Waals surface area contributed by atoms with Gasteiger partial charge >= 0.3 is 45.5 Å². The first-order valence-electron chi connectivity index (χ1n) is 16.8. The summed E-state index contributed by atoms with van der Waals surface area (Å²) in [5.41, 5.74) is 5.98. The van der Waals surface area contributed by atoms with Crippen LogP contribution in [0.1, 0.15) is 54.7 Å². The van der Waals surface area contributed by atoms with Gasteiger partial charge in [0.2, 0.25) is 6.29 Å². The van der Waals surface area contributed by atoms with E-state index in [2.05, 4.69) is 19.3 Å². The molecule has 8 unspecified atom stereocenters. The molecule has 0 saturated heterocycles. The molecule has 0 aromatic carbocycles. The van der Waals surface area contributed by atoms with Gasteiger partial charge in [-0.05, 0) is 6.92 Å². The van der Waals surface area contributed by atoms with Gasteiger partial charge in [0.1, 0.15) is 49.5 Å². The van der Waals surface area contributed by atoms with Crippen LogP contribution in [0.4, 0.5) is 10.2 Å². The zero-order valence-electron chi connectivity index (χ0n) is 32.4. The number of imidazole rings is 1. The molecule has 0 aliphatic rings. The van der Waals surface area contributed by atoms with Crippen molar-refractivity contribution >= 4 is 62.5 Å². The maximum atomic E-state index is 15.6. The Balaban J connectivity index is 2.39. The lowest BCUT2D eigenvalue weighted by molar-refractivity contribution is -0.242. The topological polar surface area (TPSA) is 342 Å². The fraction of sp³-hybridized carbons (Fsp3) is 0.667. The van der Waals surface area contributed by atoms with Crippen molar-refractivity contribution in [3.8, 4) is 0 Å². The minimum absolute atomic E-state index is 0.0125. The number of carbonyl (C=O) groups is 5. The number of halogens is 1. The number of nitrogens with zero attached hydrogens (tertiary/aromatic N) is 4. The first-order valence-corrected chi connectivity index (χ1v) is 19.8. The van der Waals surface area contributed by atoms with Gasteiger partial charge in [-0.3, -0.25) is 37.6 Å². The molecule has 2 heterocycles. The number of aromatic nitrogens is 4. The number of alkyl halides is 1. The second-order valence-electron chi connectivity index (χ2n) is 12.2. The molecule has 0 radical (unpaired) electrons. The lowest BCUT2D eigenvalue weighted by Gasteiger charge is -2.35. The maximum Gasteiger partial charge on any atom is 0.483 e. The summed E-state index contributed by atoms with van der Waals surface area (Å²) in [7, 11) is -10.6. The lowest BCUT2D eigenvalue weighted by atomic mass is 10.0. The Morgan fingerprint density at radius 1 is 0.828 bits per heavy atom. The second kappa shape index (κ2) is 22.2. The van der Waals surface area contributed by atoms with Crippen LogP contribution in [0.3, 0.4) is 0 Å². The highest BCUT2D eigenvalue weighted by Crippen LogP contribution is 2.61. The number of aliphatic hydroxyl groups is 1. The SMILES string of the molecule is COC(C(O)C(F)C(C)COP(=O)(O)OP(=O)(O)OC(OC([C@H](C)OC(C)=O)[C@@H](COC(C)=O)OC(C)=O)[C@@H](COC(C)=O)OC(C)=O)n1cnc2c(N)ncnc21. The summed E-state index contributed by atoms with van der Waals surface area (Å²) >= 11 is 0. The van der Waals surface area contributed by atoms with Gasteiger partial charge < -0.3 is 53.8 Å². The van der Waals surface area contributed by atoms with Crippen molar-refractivity contribution < 1.29 is 98.9 Å². The van der Waals surface area contributed by atoms with Crippen LogP contribution >= 0.6 is 15.6 Å². The molecular formula is C30H46FN5O20P2. The first-order chi connectivity index (χ1) is 26.9. The summed E-state index contributed by atoms with van der Waals surface area (Å²) in [6, 6.07) is 0. The number of ether oxygens (including phenoxy) is 7. The van der Waals surface area contributed by atoms with Crippen LogP contribution in [0.5, 0.6) is 0 Å². The van der Waals surface area contributed by atoms with Crippen molar-refractivity contribution in [1.82, 2.24) is 19.5 Å². The molecule has 0 aliphatic carbocycles. The number of phosphoric ester groups is 2. The fourth-order valence-electron chi connectivity index (χ4n) is 4.93. The van der Waals surface area contributed by atoms with E-state index in [0.717, 1.165) is 65.9 Å². The van der Waals surface area contributed by atoms with Crippen LogP contribution < -0.4 is 5.73 Å². The van der Waals surface area contributed by atoms with Gasteiger partial charge in [-0.15, -0.1) is 0 Å². The average molecular weight is 878 g/mol. The highest BCUT2D eigenvalue weighted by Gasteiger charge is 2.45. The molecule has 328 valence electrons. The molecule has 0 aliphatic heterocycles.